The quantitative estimate of drug-likeness (QED) is 0.163. The summed E-state index contributed by atoms with van der Waals surface area (Å²) in [5, 5.41) is 8.10. The summed E-state index contributed by atoms with van der Waals surface area (Å²) in [6.45, 7) is 0. The van der Waals surface area contributed by atoms with E-state index in [-0.39, 0.29) is 0 Å². The first kappa shape index (κ1) is 35.5. The molecule has 0 fully saturated rings. The van der Waals surface area contributed by atoms with Crippen molar-refractivity contribution in [1.29, 1.82) is 0 Å². The van der Waals surface area contributed by atoms with Gasteiger partial charge in [-0.15, -0.1) is 0 Å². The van der Waals surface area contributed by atoms with E-state index in [1.165, 1.54) is 60.7 Å². The van der Waals surface area contributed by atoms with Gasteiger partial charge in [0.05, 0.1) is 27.7 Å². The molecule has 292 valence electrons. The van der Waals surface area contributed by atoms with Crippen LogP contribution >= 0.6 is 0 Å². The Hall–Kier alpha value is -8.27. The summed E-state index contributed by atoms with van der Waals surface area (Å²) < 4.78 is 0. The van der Waals surface area contributed by atoms with Crippen LogP contribution in [0.1, 0.15) is 22.3 Å². The Balaban J connectivity index is 0.981. The van der Waals surface area contributed by atoms with Gasteiger partial charge in [-0.3, -0.25) is 9.97 Å². The Morgan fingerprint density at radius 1 is 0.317 bits per heavy atom. The molecule has 1 aliphatic rings. The van der Waals surface area contributed by atoms with Crippen LogP contribution in [-0.4, -0.2) is 15.0 Å². The van der Waals surface area contributed by atoms with E-state index in [0.29, 0.717) is 0 Å². The van der Waals surface area contributed by atoms with E-state index in [9.17, 15) is 0 Å². The molecule has 0 unspecified atom stereocenters. The average molecular weight is 800 g/mol. The molecule has 3 aromatic heterocycles. The van der Waals surface area contributed by atoms with E-state index in [1.54, 1.807) is 0 Å². The van der Waals surface area contributed by atoms with Gasteiger partial charge >= 0.3 is 0 Å². The topological polar surface area (TPSA) is 38.7 Å². The predicted molar refractivity (Wildman–Crippen MR) is 261 cm³/mol. The Morgan fingerprint density at radius 3 is 1.75 bits per heavy atom. The number of rotatable bonds is 5. The highest BCUT2D eigenvalue weighted by Crippen LogP contribution is 2.57. The highest BCUT2D eigenvalue weighted by atomic mass is 14.7. The molecule has 9 aromatic carbocycles. The average Bonchev–Trinajstić information content (AvgIpc) is 3.65. The molecule has 0 N–H and O–H groups in total. The van der Waals surface area contributed by atoms with Gasteiger partial charge in [0.1, 0.15) is 0 Å². The minimum atomic E-state index is -0.483. The van der Waals surface area contributed by atoms with Gasteiger partial charge in [-0.25, -0.2) is 4.98 Å². The zero-order chi connectivity index (χ0) is 41.5. The molecule has 13 rings (SSSR count). The van der Waals surface area contributed by atoms with Crippen molar-refractivity contribution < 1.29 is 0 Å². The van der Waals surface area contributed by atoms with Crippen LogP contribution in [-0.2, 0) is 5.41 Å². The van der Waals surface area contributed by atoms with E-state index < -0.39 is 5.41 Å². The molecule has 0 saturated carbocycles. The van der Waals surface area contributed by atoms with Crippen LogP contribution in [0.2, 0.25) is 0 Å². The molecule has 1 aliphatic carbocycles. The molecule has 0 saturated heterocycles. The Bertz CT molecular complexity index is 3740. The van der Waals surface area contributed by atoms with Crippen molar-refractivity contribution in [2.75, 3.05) is 0 Å². The molecule has 0 spiro atoms. The molecule has 0 amide bonds. The first-order chi connectivity index (χ1) is 31.3. The van der Waals surface area contributed by atoms with Gasteiger partial charge in [-0.05, 0) is 102 Å². The molecule has 0 atom stereocenters. The molecule has 0 radical (unpaired) electrons. The minimum absolute atomic E-state index is 0.483. The summed E-state index contributed by atoms with van der Waals surface area (Å²) in [6, 6.07) is 77.4. The van der Waals surface area contributed by atoms with Crippen LogP contribution in [0.25, 0.3) is 98.9 Å². The van der Waals surface area contributed by atoms with Gasteiger partial charge in [-0.1, -0.05) is 182 Å². The number of para-hydroxylation sites is 1. The number of hydrogen-bond acceptors (Lipinski definition) is 3. The Kier molecular flexibility index (Phi) is 7.82. The smallest absolute Gasteiger partial charge is 0.0970 e. The fourth-order valence-corrected chi connectivity index (χ4v) is 10.7. The molecule has 3 heterocycles. The summed E-state index contributed by atoms with van der Waals surface area (Å²) in [5.41, 5.74) is 16.7. The predicted octanol–water partition coefficient (Wildman–Crippen LogP) is 15.0. The van der Waals surface area contributed by atoms with E-state index >= 15 is 0 Å². The summed E-state index contributed by atoms with van der Waals surface area (Å²) in [4.78, 5) is 14.9. The first-order valence-electron chi connectivity index (χ1n) is 21.6. The Labute approximate surface area is 364 Å². The lowest BCUT2D eigenvalue weighted by molar-refractivity contribution is 0.769. The van der Waals surface area contributed by atoms with Gasteiger partial charge in [0.2, 0.25) is 0 Å². The monoisotopic (exact) mass is 799 g/mol. The molecule has 63 heavy (non-hydrogen) atoms. The van der Waals surface area contributed by atoms with Crippen LogP contribution < -0.4 is 0 Å². The van der Waals surface area contributed by atoms with Crippen molar-refractivity contribution in [3.8, 4) is 44.6 Å². The molecular formula is C60H37N3. The molecule has 0 bridgehead atoms. The highest BCUT2D eigenvalue weighted by molar-refractivity contribution is 6.15. The van der Waals surface area contributed by atoms with E-state index in [0.717, 1.165) is 60.5 Å². The molecule has 0 aliphatic heterocycles. The van der Waals surface area contributed by atoms with Crippen LogP contribution in [0, 0.1) is 0 Å². The summed E-state index contributed by atoms with van der Waals surface area (Å²) >= 11 is 0. The van der Waals surface area contributed by atoms with Crippen molar-refractivity contribution in [3.05, 3.63) is 247 Å². The number of benzene rings is 9. The van der Waals surface area contributed by atoms with Crippen molar-refractivity contribution in [3.63, 3.8) is 0 Å². The second-order valence-corrected chi connectivity index (χ2v) is 16.6. The molecule has 12 aromatic rings. The van der Waals surface area contributed by atoms with Crippen LogP contribution in [0.4, 0.5) is 0 Å². The van der Waals surface area contributed by atoms with Crippen molar-refractivity contribution in [1.82, 2.24) is 15.0 Å². The zero-order valence-electron chi connectivity index (χ0n) is 34.2. The number of nitrogens with zero attached hydrogens (tertiary/aromatic N) is 3. The maximum atomic E-state index is 5.44. The third-order valence-corrected chi connectivity index (χ3v) is 13.4. The summed E-state index contributed by atoms with van der Waals surface area (Å²) in [6.07, 6.45) is 3.75. The fraction of sp³-hybridized carbons (Fsp3) is 0.0167. The second kappa shape index (κ2) is 13.9. The molecular weight excluding hydrogens is 763 g/mol. The lowest BCUT2D eigenvalue weighted by atomic mass is 9.67. The third kappa shape index (κ3) is 5.23. The number of pyridine rings is 3. The number of aromatic nitrogens is 3. The van der Waals surface area contributed by atoms with E-state index in [4.69, 9.17) is 15.0 Å². The number of hydrogen-bond donors (Lipinski definition) is 0. The maximum absolute atomic E-state index is 5.44. The van der Waals surface area contributed by atoms with Crippen molar-refractivity contribution in [2.24, 2.45) is 0 Å². The largest absolute Gasteiger partial charge is 0.254 e. The second-order valence-electron chi connectivity index (χ2n) is 16.6. The Morgan fingerprint density at radius 2 is 0.952 bits per heavy atom. The minimum Gasteiger partial charge on any atom is -0.254 e. The van der Waals surface area contributed by atoms with E-state index in [1.807, 2.05) is 18.5 Å². The SMILES string of the molecule is c1ccc(C2(c3ccccc3)c3ccccc3-c3cc4c(-c5ccc(-c6ccc(-c7ccnc8c7ccc7cccnc78)c7ccccc67)cc5)nc5ccccc5c4cc32)cc1. The highest BCUT2D eigenvalue weighted by Gasteiger charge is 2.46. The van der Waals surface area contributed by atoms with Crippen LogP contribution in [0.15, 0.2) is 225 Å². The lowest BCUT2D eigenvalue weighted by Crippen LogP contribution is -2.28. The number of fused-ring (bicyclic) bond motifs is 10. The van der Waals surface area contributed by atoms with Crippen LogP contribution in [0.3, 0.4) is 0 Å². The van der Waals surface area contributed by atoms with E-state index in [2.05, 4.69) is 206 Å². The van der Waals surface area contributed by atoms with Gasteiger partial charge in [0.15, 0.2) is 0 Å². The molecule has 3 heteroatoms. The lowest BCUT2D eigenvalue weighted by Gasteiger charge is -2.34. The first-order valence-corrected chi connectivity index (χ1v) is 21.6. The van der Waals surface area contributed by atoms with Crippen LogP contribution in [0.5, 0.6) is 0 Å². The van der Waals surface area contributed by atoms with Gasteiger partial charge < -0.3 is 0 Å². The van der Waals surface area contributed by atoms with Gasteiger partial charge in [0, 0.05) is 39.5 Å². The zero-order valence-corrected chi connectivity index (χ0v) is 34.2. The summed E-state index contributed by atoms with van der Waals surface area (Å²) in [5.74, 6) is 0. The third-order valence-electron chi connectivity index (χ3n) is 13.4. The normalized spacial score (nSPS) is 12.9. The molecule has 3 nitrogen and oxygen atoms in total. The van der Waals surface area contributed by atoms with Crippen molar-refractivity contribution >= 4 is 54.3 Å². The standard InChI is InChI=1S/C60H37N3/c1-3-15-41(16-4-1)60(42-17-5-2-6-18-42)54-23-11-9-21-48(54)52-36-53-51(37-55(52)60)49-22-10-12-24-56(49)63-57(53)40-27-25-38(26-28-40)43-31-32-46(45-20-8-7-19-44(43)45)47-33-35-62-59-50(47)30-29-39-14-13-34-61-58(39)59/h1-37H. The van der Waals surface area contributed by atoms with Crippen molar-refractivity contribution in [2.45, 2.75) is 5.41 Å². The van der Waals surface area contributed by atoms with Gasteiger partial charge in [-0.2, -0.15) is 0 Å². The maximum Gasteiger partial charge on any atom is 0.0970 e. The summed E-state index contributed by atoms with van der Waals surface area (Å²) in [7, 11) is 0. The van der Waals surface area contributed by atoms with Gasteiger partial charge in [0.25, 0.3) is 0 Å². The fourth-order valence-electron chi connectivity index (χ4n) is 10.7.